The highest BCUT2D eigenvalue weighted by molar-refractivity contribution is 5.96. The molecule has 3 saturated heterocycles. The van der Waals surface area contributed by atoms with Gasteiger partial charge in [-0.25, -0.2) is 5.43 Å². The topological polar surface area (TPSA) is 155 Å². The predicted molar refractivity (Wildman–Crippen MR) is 253 cm³/mol. The number of likely N-dealkylation sites (N-methyl/N-ethyl adjacent to an activating group) is 1. The first-order chi connectivity index (χ1) is 32.8. The van der Waals surface area contributed by atoms with E-state index in [9.17, 15) is 37.1 Å². The van der Waals surface area contributed by atoms with Crippen LogP contribution in [0.15, 0.2) is 73.4 Å². The molecule has 1 unspecified atom stereocenters. The number of amides is 4. The highest BCUT2D eigenvalue weighted by Gasteiger charge is 2.41. The molecule has 2 aromatic carbocycles. The standard InChI is InChI=1S/C52H62F3N7O7/c1-7-43(63)60-22-19-35(28-60)48(65)59(6)45(31(2)3)47(64)57-40-25-32-12-8-13-33(24-32)34-17-18-41-37(26-34)38(27-51(4,5)30-69-50(67)39-15-10-21-62(58-39)49(40)66)46(61(41)29-52(53,54)55)36-14-9-20-56-44(36)42-16-11-23-68-42/h7-9,12-14,17-18,20,24,26,31,35,39-40,42,45,58H,1,10-11,15-16,19,21-23,25,27-30H2,2-6H3,(H,57,64)/t35-,39-,40?,42-,45-/m0/s1. The van der Waals surface area contributed by atoms with Crippen LogP contribution in [0.1, 0.15) is 82.7 Å². The fourth-order valence-electron chi connectivity index (χ4n) is 10.5. The summed E-state index contributed by atoms with van der Waals surface area (Å²) in [5.41, 5.74) is 6.92. The average molecular weight is 954 g/mol. The summed E-state index contributed by atoms with van der Waals surface area (Å²) in [7, 11) is 1.56. The summed E-state index contributed by atoms with van der Waals surface area (Å²) in [4.78, 5) is 77.0. The van der Waals surface area contributed by atoms with Gasteiger partial charge in [0.05, 0.1) is 23.9 Å². The number of alkyl halides is 3. The van der Waals surface area contributed by atoms with E-state index in [0.717, 1.165) is 12.0 Å². The SMILES string of the molecule is C=CC(=O)N1CC[C@H](C(=O)N(C)[C@H](C(=O)NC2Cc3cccc(c3)-c3ccc4c(c3)c(c(-c3cccnc3[C@@H]3CCCO3)n4CC(F)(F)F)CC(C)(C)COC(=O)[C@@H]3CCCN(N3)C2=O)C(C)C)C1. The van der Waals surface area contributed by atoms with Gasteiger partial charge in [0.25, 0.3) is 5.91 Å². The molecule has 3 fully saturated rings. The smallest absolute Gasteiger partial charge is 0.406 e. The van der Waals surface area contributed by atoms with Crippen LogP contribution in [0.5, 0.6) is 0 Å². The molecule has 17 heteroatoms. The molecule has 0 aliphatic carbocycles. The van der Waals surface area contributed by atoms with Crippen molar-refractivity contribution in [2.45, 2.75) is 110 Å². The fourth-order valence-corrected chi connectivity index (χ4v) is 10.5. The van der Waals surface area contributed by atoms with Crippen molar-refractivity contribution < 1.29 is 46.6 Å². The minimum absolute atomic E-state index is 0.0241. The molecule has 14 nitrogen and oxygen atoms in total. The van der Waals surface area contributed by atoms with Crippen LogP contribution in [-0.2, 0) is 52.8 Å². The molecule has 368 valence electrons. The Morgan fingerprint density at radius 3 is 2.54 bits per heavy atom. The van der Waals surface area contributed by atoms with Crippen LogP contribution in [0.25, 0.3) is 33.3 Å². The maximum Gasteiger partial charge on any atom is 0.406 e. The number of carbonyl (C=O) groups excluding carboxylic acids is 5. The molecule has 4 aliphatic heterocycles. The minimum Gasteiger partial charge on any atom is -0.464 e. The number of cyclic esters (lactones) is 1. The van der Waals surface area contributed by atoms with Crippen LogP contribution < -0.4 is 10.7 Å². The minimum atomic E-state index is -4.58. The molecule has 0 spiro atoms. The number of hydrazine groups is 1. The number of hydrogen-bond donors (Lipinski definition) is 2. The second-order valence-electron chi connectivity index (χ2n) is 20.0. The molecule has 0 saturated carbocycles. The Morgan fingerprint density at radius 1 is 1.03 bits per heavy atom. The van der Waals surface area contributed by atoms with E-state index in [1.807, 2.05) is 58.0 Å². The predicted octanol–water partition coefficient (Wildman–Crippen LogP) is 6.95. The van der Waals surface area contributed by atoms with Crippen LogP contribution in [0.2, 0.25) is 0 Å². The lowest BCUT2D eigenvalue weighted by atomic mass is 9.84. The number of likely N-dealkylation sites (tertiary alicyclic amines) is 1. The number of pyridine rings is 1. The normalized spacial score (nSPS) is 22.6. The van der Waals surface area contributed by atoms with Crippen molar-refractivity contribution >= 4 is 40.5 Å². The van der Waals surface area contributed by atoms with Crippen molar-refractivity contribution in [2.75, 3.05) is 39.9 Å². The Bertz CT molecular complexity index is 2620. The van der Waals surface area contributed by atoms with Gasteiger partial charge in [-0.3, -0.25) is 34.0 Å². The summed E-state index contributed by atoms with van der Waals surface area (Å²) in [6, 6.07) is 13.4. The number of nitrogens with one attached hydrogen (secondary N) is 2. The number of fused-ring (bicyclic) bond motifs is 6. The van der Waals surface area contributed by atoms with E-state index >= 15 is 0 Å². The van der Waals surface area contributed by atoms with Gasteiger partial charge in [-0.2, -0.15) is 13.2 Å². The molecular formula is C52H62F3N7O7. The number of nitrogens with zero attached hydrogens (tertiary/aromatic N) is 5. The molecule has 4 aromatic rings. The third-order valence-electron chi connectivity index (χ3n) is 13.8. The molecule has 4 aliphatic rings. The quantitative estimate of drug-likeness (QED) is 0.134. The van der Waals surface area contributed by atoms with Gasteiger partial charge in [0.2, 0.25) is 17.7 Å². The Hall–Kier alpha value is -6.07. The van der Waals surface area contributed by atoms with Gasteiger partial charge in [-0.05, 0) is 97.0 Å². The van der Waals surface area contributed by atoms with Gasteiger partial charge >= 0.3 is 12.1 Å². The molecule has 4 amide bonds. The molecule has 5 atom stereocenters. The van der Waals surface area contributed by atoms with Gasteiger partial charge in [0, 0.05) is 67.8 Å². The monoisotopic (exact) mass is 953 g/mol. The summed E-state index contributed by atoms with van der Waals surface area (Å²) < 4.78 is 57.7. The Morgan fingerprint density at radius 2 is 1.81 bits per heavy atom. The van der Waals surface area contributed by atoms with Crippen molar-refractivity contribution in [2.24, 2.45) is 17.3 Å². The molecule has 6 bridgehead atoms. The number of rotatable bonds is 9. The third-order valence-corrected chi connectivity index (χ3v) is 13.8. The van der Waals surface area contributed by atoms with Crippen molar-refractivity contribution in [3.8, 4) is 22.4 Å². The molecule has 6 heterocycles. The summed E-state index contributed by atoms with van der Waals surface area (Å²) >= 11 is 0. The van der Waals surface area contributed by atoms with E-state index in [1.165, 1.54) is 20.6 Å². The highest BCUT2D eigenvalue weighted by Crippen LogP contribution is 2.44. The van der Waals surface area contributed by atoms with E-state index in [0.29, 0.717) is 83.4 Å². The average Bonchev–Trinajstić information content (AvgIpc) is 4.10. The first-order valence-electron chi connectivity index (χ1n) is 23.9. The summed E-state index contributed by atoms with van der Waals surface area (Å²) in [6.45, 7) is 11.0. The number of aromatic nitrogens is 2. The zero-order valence-electron chi connectivity index (χ0n) is 39.9. The van der Waals surface area contributed by atoms with E-state index in [4.69, 9.17) is 14.5 Å². The zero-order chi connectivity index (χ0) is 49.4. The van der Waals surface area contributed by atoms with Crippen LogP contribution in [0.3, 0.4) is 0 Å². The van der Waals surface area contributed by atoms with Crippen molar-refractivity contribution in [3.63, 3.8) is 0 Å². The largest absolute Gasteiger partial charge is 0.464 e. The second kappa shape index (κ2) is 20.1. The first kappa shape index (κ1) is 49.4. The number of hydrogen-bond acceptors (Lipinski definition) is 9. The third kappa shape index (κ3) is 10.7. The molecule has 0 radical (unpaired) electrons. The van der Waals surface area contributed by atoms with Crippen LogP contribution >= 0.6 is 0 Å². The summed E-state index contributed by atoms with van der Waals surface area (Å²) in [5, 5.41) is 4.94. The number of ether oxygens (including phenoxy) is 2. The Balaban J connectivity index is 1.21. The van der Waals surface area contributed by atoms with Crippen molar-refractivity contribution in [3.05, 3.63) is 90.3 Å². The lowest BCUT2D eigenvalue weighted by Gasteiger charge is -2.37. The number of carbonyl (C=O) groups is 5. The van der Waals surface area contributed by atoms with E-state index in [1.54, 1.807) is 42.4 Å². The molecule has 2 aromatic heterocycles. The van der Waals surface area contributed by atoms with E-state index in [-0.39, 0.29) is 56.4 Å². The lowest BCUT2D eigenvalue weighted by Crippen LogP contribution is -2.62. The fraction of sp³-hybridized carbons (Fsp3) is 0.500. The molecule has 69 heavy (non-hydrogen) atoms. The highest BCUT2D eigenvalue weighted by atomic mass is 19.4. The van der Waals surface area contributed by atoms with Crippen molar-refractivity contribution in [1.82, 2.24) is 35.1 Å². The van der Waals surface area contributed by atoms with E-state index < -0.39 is 60.0 Å². The second-order valence-corrected chi connectivity index (χ2v) is 20.0. The number of benzene rings is 2. The van der Waals surface area contributed by atoms with Crippen LogP contribution in [0.4, 0.5) is 13.2 Å². The van der Waals surface area contributed by atoms with Gasteiger partial charge in [-0.1, -0.05) is 64.6 Å². The number of esters is 1. The zero-order valence-corrected chi connectivity index (χ0v) is 39.9. The molecule has 8 rings (SSSR count). The Kier molecular flexibility index (Phi) is 14.4. The lowest BCUT2D eigenvalue weighted by molar-refractivity contribution is -0.155. The maximum absolute atomic E-state index is 14.8. The molecular weight excluding hydrogens is 892 g/mol. The van der Waals surface area contributed by atoms with Crippen LogP contribution in [-0.4, -0.2) is 118 Å². The first-order valence-corrected chi connectivity index (χ1v) is 23.9. The Labute approximate surface area is 400 Å². The van der Waals surface area contributed by atoms with Gasteiger partial charge in [0.15, 0.2) is 0 Å². The maximum atomic E-state index is 14.8. The van der Waals surface area contributed by atoms with Crippen LogP contribution in [0, 0.1) is 17.3 Å². The number of halogens is 3. The van der Waals surface area contributed by atoms with Gasteiger partial charge < -0.3 is 29.2 Å². The summed E-state index contributed by atoms with van der Waals surface area (Å²) in [5.74, 6) is -3.07. The molecule has 2 N–H and O–H groups in total. The van der Waals surface area contributed by atoms with E-state index in [2.05, 4.69) is 17.3 Å². The van der Waals surface area contributed by atoms with Gasteiger partial charge in [0.1, 0.15) is 30.8 Å². The summed E-state index contributed by atoms with van der Waals surface area (Å²) in [6.07, 6.45) is 0.867. The van der Waals surface area contributed by atoms with Gasteiger partial charge in [-0.15, -0.1) is 0 Å². The van der Waals surface area contributed by atoms with Crippen molar-refractivity contribution in [1.29, 1.82) is 0 Å².